The van der Waals surface area contributed by atoms with Crippen LogP contribution in [0.1, 0.15) is 44.7 Å². The van der Waals surface area contributed by atoms with E-state index in [9.17, 15) is 18.0 Å². The standard InChI is InChI=1S/C26H35Cl2N3O4S/c1-18(2)16-29-26(33)20(4)30(17-21-11-13-22(27)14-12-21)25(32)10-7-15-31(36(5,34)35)24-9-6-8-23(28)19(24)3/h6,8-9,11-14,18,20H,7,10,15-17H2,1-5H3,(H,29,33)/t20-/m0/s1. The van der Waals surface area contributed by atoms with Gasteiger partial charge in [-0.15, -0.1) is 0 Å². The van der Waals surface area contributed by atoms with Crippen LogP contribution >= 0.6 is 23.2 Å². The van der Waals surface area contributed by atoms with Gasteiger partial charge >= 0.3 is 0 Å². The van der Waals surface area contributed by atoms with E-state index in [1.54, 1.807) is 44.2 Å². The number of sulfonamides is 1. The Balaban J connectivity index is 2.19. The van der Waals surface area contributed by atoms with Gasteiger partial charge in [0, 0.05) is 36.1 Å². The topological polar surface area (TPSA) is 86.8 Å². The molecular weight excluding hydrogens is 521 g/mol. The summed E-state index contributed by atoms with van der Waals surface area (Å²) >= 11 is 12.2. The number of benzene rings is 2. The molecule has 0 aliphatic heterocycles. The predicted octanol–water partition coefficient (Wildman–Crippen LogP) is 5.04. The van der Waals surface area contributed by atoms with E-state index in [2.05, 4.69) is 5.32 Å². The van der Waals surface area contributed by atoms with Crippen LogP contribution in [0.4, 0.5) is 5.69 Å². The van der Waals surface area contributed by atoms with Crippen LogP contribution in [0, 0.1) is 12.8 Å². The van der Waals surface area contributed by atoms with E-state index in [1.807, 2.05) is 26.0 Å². The number of nitrogens with zero attached hydrogens (tertiary/aromatic N) is 2. The smallest absolute Gasteiger partial charge is 0.242 e. The molecule has 0 fully saturated rings. The second-order valence-electron chi connectivity index (χ2n) is 9.29. The summed E-state index contributed by atoms with van der Waals surface area (Å²) in [5.74, 6) is -0.203. The van der Waals surface area contributed by atoms with E-state index in [1.165, 1.54) is 9.21 Å². The van der Waals surface area contributed by atoms with E-state index in [0.717, 1.165) is 11.8 Å². The number of hydrogen-bond donors (Lipinski definition) is 1. The van der Waals surface area contributed by atoms with Crippen LogP contribution in [-0.2, 0) is 26.2 Å². The second kappa shape index (κ2) is 13.3. The highest BCUT2D eigenvalue weighted by atomic mass is 35.5. The van der Waals surface area contributed by atoms with Crippen molar-refractivity contribution in [3.63, 3.8) is 0 Å². The van der Waals surface area contributed by atoms with Crippen LogP contribution in [-0.4, -0.2) is 50.5 Å². The largest absolute Gasteiger partial charge is 0.354 e. The number of amides is 2. The van der Waals surface area contributed by atoms with Crippen LogP contribution in [0.3, 0.4) is 0 Å². The maximum Gasteiger partial charge on any atom is 0.242 e. The summed E-state index contributed by atoms with van der Waals surface area (Å²) in [6.07, 6.45) is 1.47. The highest BCUT2D eigenvalue weighted by Gasteiger charge is 2.27. The third-order valence-electron chi connectivity index (χ3n) is 5.78. The number of carbonyl (C=O) groups is 2. The summed E-state index contributed by atoms with van der Waals surface area (Å²) < 4.78 is 26.3. The highest BCUT2D eigenvalue weighted by molar-refractivity contribution is 7.92. The van der Waals surface area contributed by atoms with Crippen molar-refractivity contribution in [2.75, 3.05) is 23.7 Å². The second-order valence-corrected chi connectivity index (χ2v) is 12.0. The molecule has 0 aliphatic carbocycles. The molecule has 0 bridgehead atoms. The summed E-state index contributed by atoms with van der Waals surface area (Å²) in [5, 5.41) is 3.93. The third-order valence-corrected chi connectivity index (χ3v) is 7.62. The van der Waals surface area contributed by atoms with Gasteiger partial charge in [-0.25, -0.2) is 8.42 Å². The van der Waals surface area contributed by atoms with Gasteiger partial charge < -0.3 is 10.2 Å². The lowest BCUT2D eigenvalue weighted by Crippen LogP contribution is -2.48. The first kappa shape index (κ1) is 29.9. The number of hydrogen-bond acceptors (Lipinski definition) is 4. The van der Waals surface area contributed by atoms with Crippen molar-refractivity contribution in [2.24, 2.45) is 5.92 Å². The van der Waals surface area contributed by atoms with Crippen molar-refractivity contribution in [3.8, 4) is 0 Å². The Morgan fingerprint density at radius 1 is 1.03 bits per heavy atom. The van der Waals surface area contributed by atoms with Gasteiger partial charge in [0.15, 0.2) is 0 Å². The van der Waals surface area contributed by atoms with Gasteiger partial charge in [-0.3, -0.25) is 13.9 Å². The molecule has 0 heterocycles. The Bertz CT molecular complexity index is 1150. The Morgan fingerprint density at radius 2 is 1.67 bits per heavy atom. The number of carbonyl (C=O) groups excluding carboxylic acids is 2. The van der Waals surface area contributed by atoms with Gasteiger partial charge in [0.1, 0.15) is 6.04 Å². The van der Waals surface area contributed by atoms with Gasteiger partial charge in [0.2, 0.25) is 21.8 Å². The van der Waals surface area contributed by atoms with Crippen molar-refractivity contribution < 1.29 is 18.0 Å². The molecule has 36 heavy (non-hydrogen) atoms. The lowest BCUT2D eigenvalue weighted by atomic mass is 10.1. The Labute approximate surface area is 224 Å². The first-order valence-electron chi connectivity index (χ1n) is 11.9. The van der Waals surface area contributed by atoms with E-state index >= 15 is 0 Å². The average molecular weight is 557 g/mol. The molecule has 2 rings (SSSR count). The zero-order valence-corrected chi connectivity index (χ0v) is 23.8. The van der Waals surface area contributed by atoms with E-state index in [-0.39, 0.29) is 43.7 Å². The van der Waals surface area contributed by atoms with Crippen molar-refractivity contribution in [1.82, 2.24) is 10.2 Å². The quantitative estimate of drug-likeness (QED) is 0.397. The molecule has 2 aromatic carbocycles. The molecule has 7 nitrogen and oxygen atoms in total. The minimum Gasteiger partial charge on any atom is -0.354 e. The van der Waals surface area contributed by atoms with Crippen LogP contribution in [0.5, 0.6) is 0 Å². The molecule has 0 saturated heterocycles. The minimum atomic E-state index is -3.60. The minimum absolute atomic E-state index is 0.0705. The van der Waals surface area contributed by atoms with E-state index < -0.39 is 16.1 Å². The molecule has 0 aromatic heterocycles. The Hall–Kier alpha value is -2.29. The maximum atomic E-state index is 13.3. The molecule has 0 spiro atoms. The molecule has 0 saturated carbocycles. The van der Waals surface area contributed by atoms with Gasteiger partial charge in [0.25, 0.3) is 0 Å². The van der Waals surface area contributed by atoms with Crippen LogP contribution < -0.4 is 9.62 Å². The van der Waals surface area contributed by atoms with Gasteiger partial charge in [0.05, 0.1) is 11.9 Å². The van der Waals surface area contributed by atoms with Crippen molar-refractivity contribution >= 4 is 50.7 Å². The monoisotopic (exact) mass is 555 g/mol. The Kier molecular flexibility index (Phi) is 11.1. The number of anilines is 1. The molecule has 0 aliphatic rings. The predicted molar refractivity (Wildman–Crippen MR) is 147 cm³/mol. The molecule has 2 amide bonds. The van der Waals surface area contributed by atoms with Gasteiger partial charge in [-0.2, -0.15) is 0 Å². The van der Waals surface area contributed by atoms with E-state index in [0.29, 0.717) is 27.8 Å². The van der Waals surface area contributed by atoms with E-state index in [4.69, 9.17) is 23.2 Å². The molecule has 0 radical (unpaired) electrons. The highest BCUT2D eigenvalue weighted by Crippen LogP contribution is 2.28. The number of nitrogens with one attached hydrogen (secondary N) is 1. The zero-order valence-electron chi connectivity index (χ0n) is 21.4. The maximum absolute atomic E-state index is 13.3. The van der Waals surface area contributed by atoms with Crippen molar-refractivity contribution in [2.45, 2.75) is 53.1 Å². The lowest BCUT2D eigenvalue weighted by molar-refractivity contribution is -0.140. The molecule has 1 atom stereocenters. The zero-order chi connectivity index (χ0) is 27.0. The van der Waals surface area contributed by atoms with Crippen LogP contribution in [0.25, 0.3) is 0 Å². The van der Waals surface area contributed by atoms with Crippen molar-refractivity contribution in [1.29, 1.82) is 0 Å². The average Bonchev–Trinajstić information content (AvgIpc) is 2.80. The van der Waals surface area contributed by atoms with Crippen LogP contribution in [0.2, 0.25) is 10.0 Å². The number of rotatable bonds is 12. The van der Waals surface area contributed by atoms with Gasteiger partial charge in [-0.1, -0.05) is 55.2 Å². The Morgan fingerprint density at radius 3 is 2.25 bits per heavy atom. The normalized spacial score (nSPS) is 12.3. The summed E-state index contributed by atoms with van der Waals surface area (Å²) in [6, 6.07) is 11.5. The molecule has 1 N–H and O–H groups in total. The first-order chi connectivity index (χ1) is 16.8. The number of halogens is 2. The van der Waals surface area contributed by atoms with Crippen molar-refractivity contribution in [3.05, 3.63) is 63.6 Å². The fraction of sp³-hybridized carbons (Fsp3) is 0.462. The molecule has 10 heteroatoms. The summed E-state index contributed by atoms with van der Waals surface area (Å²) in [5.41, 5.74) is 1.97. The fourth-order valence-electron chi connectivity index (χ4n) is 3.67. The SMILES string of the molecule is Cc1c(Cl)cccc1N(CCCC(=O)N(Cc1ccc(Cl)cc1)[C@@H](C)C(=O)NCC(C)C)S(C)(=O)=O. The third kappa shape index (κ3) is 8.68. The molecule has 2 aromatic rings. The fourth-order valence-corrected chi connectivity index (χ4v) is 4.98. The summed E-state index contributed by atoms with van der Waals surface area (Å²) in [6.45, 7) is 8.29. The van der Waals surface area contributed by atoms with Gasteiger partial charge in [-0.05, 0) is 61.6 Å². The summed E-state index contributed by atoms with van der Waals surface area (Å²) in [7, 11) is -3.60. The molecular formula is C26H35Cl2N3O4S. The molecule has 0 unspecified atom stereocenters. The summed E-state index contributed by atoms with van der Waals surface area (Å²) in [4.78, 5) is 27.6. The molecule has 198 valence electrons. The first-order valence-corrected chi connectivity index (χ1v) is 14.5. The van der Waals surface area contributed by atoms with Crippen LogP contribution in [0.15, 0.2) is 42.5 Å². The lowest BCUT2D eigenvalue weighted by Gasteiger charge is -2.30.